The van der Waals surface area contributed by atoms with E-state index < -0.39 is 18.4 Å². The second kappa shape index (κ2) is 12.4. The molecule has 0 unspecified atom stereocenters. The van der Waals surface area contributed by atoms with Crippen LogP contribution in [0.1, 0.15) is 48.9 Å². The third kappa shape index (κ3) is 6.28. The van der Waals surface area contributed by atoms with Gasteiger partial charge in [-0.05, 0) is 36.5 Å². The van der Waals surface area contributed by atoms with Crippen LogP contribution in [-0.2, 0) is 4.79 Å². The highest BCUT2D eigenvalue weighted by molar-refractivity contribution is 6.03. The average molecular weight is 506 g/mol. The fourth-order valence-electron chi connectivity index (χ4n) is 5.05. The van der Waals surface area contributed by atoms with Gasteiger partial charge < -0.3 is 19.9 Å². The molecule has 0 bridgehead atoms. The molecule has 1 aliphatic carbocycles. The zero-order chi connectivity index (χ0) is 26.2. The van der Waals surface area contributed by atoms with Gasteiger partial charge in [0.2, 0.25) is 0 Å². The Bertz CT molecular complexity index is 1240. The summed E-state index contributed by atoms with van der Waals surface area (Å²) < 4.78 is 26.5. The fourth-order valence-corrected chi connectivity index (χ4v) is 5.05. The lowest BCUT2D eigenvalue weighted by Crippen LogP contribution is -2.25. The summed E-state index contributed by atoms with van der Waals surface area (Å²) in [6.07, 6.45) is 7.04. The number of carbonyl (C=O) groups excluding carboxylic acids is 1. The monoisotopic (exact) mass is 505 g/mol. The van der Waals surface area contributed by atoms with Crippen molar-refractivity contribution in [2.24, 2.45) is 5.92 Å². The molecule has 0 heterocycles. The zero-order valence-corrected chi connectivity index (χ0v) is 21.0. The smallest absolute Gasteiger partial charge is 0.341 e. The van der Waals surface area contributed by atoms with E-state index in [0.29, 0.717) is 17.7 Å². The van der Waals surface area contributed by atoms with Crippen molar-refractivity contribution in [1.82, 2.24) is 5.32 Å². The molecule has 37 heavy (non-hydrogen) atoms. The van der Waals surface area contributed by atoms with Crippen molar-refractivity contribution in [3.63, 3.8) is 0 Å². The van der Waals surface area contributed by atoms with Crippen molar-refractivity contribution in [2.75, 3.05) is 20.3 Å². The van der Waals surface area contributed by atoms with Crippen LogP contribution in [0.3, 0.4) is 0 Å². The summed E-state index contributed by atoms with van der Waals surface area (Å²) in [6.45, 7) is -0.122. The predicted octanol–water partition coefficient (Wildman–Crippen LogP) is 6.33. The van der Waals surface area contributed by atoms with Crippen LogP contribution >= 0.6 is 0 Å². The van der Waals surface area contributed by atoms with E-state index in [-0.39, 0.29) is 34.1 Å². The number of amides is 1. The number of nitrogens with one attached hydrogen (secondary N) is 1. The number of carboxylic acid groups (broad SMARTS) is 1. The number of rotatable bonds is 11. The van der Waals surface area contributed by atoms with Crippen molar-refractivity contribution in [2.45, 2.75) is 38.5 Å². The largest absolute Gasteiger partial charge is 0.495 e. The van der Waals surface area contributed by atoms with E-state index in [1.54, 1.807) is 30.3 Å². The second-order valence-electron chi connectivity index (χ2n) is 9.29. The van der Waals surface area contributed by atoms with Crippen LogP contribution in [0.5, 0.6) is 11.5 Å². The molecule has 2 N–H and O–H groups in total. The Labute approximate surface area is 216 Å². The maximum absolute atomic E-state index is 15.0. The Kier molecular flexibility index (Phi) is 8.77. The van der Waals surface area contributed by atoms with Crippen LogP contribution in [-0.4, -0.2) is 37.2 Å². The molecule has 4 rings (SSSR count). The van der Waals surface area contributed by atoms with E-state index in [1.165, 1.54) is 44.9 Å². The maximum atomic E-state index is 15.0. The van der Waals surface area contributed by atoms with Crippen LogP contribution in [0.4, 0.5) is 4.39 Å². The van der Waals surface area contributed by atoms with E-state index in [4.69, 9.17) is 9.47 Å². The SMILES string of the molecule is COc1c(C(=O)NCCCC2CCCC2)cc(-c2ccccc2F)c(OCC(=O)O)c1-c1ccccc1. The molecule has 0 aromatic heterocycles. The first-order valence-corrected chi connectivity index (χ1v) is 12.7. The van der Waals surface area contributed by atoms with Crippen molar-refractivity contribution < 1.29 is 28.6 Å². The van der Waals surface area contributed by atoms with Gasteiger partial charge in [0.05, 0.1) is 18.2 Å². The van der Waals surface area contributed by atoms with Gasteiger partial charge in [-0.15, -0.1) is 0 Å². The number of ether oxygens (including phenoxy) is 2. The summed E-state index contributed by atoms with van der Waals surface area (Å²) in [5.74, 6) is -0.943. The van der Waals surface area contributed by atoms with Gasteiger partial charge in [0, 0.05) is 17.7 Å². The molecule has 1 aliphatic rings. The summed E-state index contributed by atoms with van der Waals surface area (Å²) in [4.78, 5) is 24.8. The highest BCUT2D eigenvalue weighted by atomic mass is 19.1. The Balaban J connectivity index is 1.79. The zero-order valence-electron chi connectivity index (χ0n) is 21.0. The fraction of sp³-hybridized carbons (Fsp3) is 0.333. The van der Waals surface area contributed by atoms with Crippen LogP contribution in [0, 0.1) is 11.7 Å². The minimum atomic E-state index is -1.18. The van der Waals surface area contributed by atoms with Crippen LogP contribution in [0.15, 0.2) is 60.7 Å². The van der Waals surface area contributed by atoms with Crippen LogP contribution in [0.2, 0.25) is 0 Å². The summed E-state index contributed by atoms with van der Waals surface area (Å²) in [5, 5.41) is 12.3. The van der Waals surface area contributed by atoms with Gasteiger partial charge >= 0.3 is 5.97 Å². The van der Waals surface area contributed by atoms with Gasteiger partial charge in [-0.3, -0.25) is 4.79 Å². The van der Waals surface area contributed by atoms with Crippen LogP contribution in [0.25, 0.3) is 22.3 Å². The molecule has 1 fully saturated rings. The molecule has 7 heteroatoms. The standard InChI is InChI=1S/C30H32FNO5/c1-36-28-24(30(35)32-17-9-12-20-10-5-6-11-20)18-23(22-15-7-8-16-25(22)31)29(37-19-26(33)34)27(28)21-13-3-2-4-14-21/h2-4,7-8,13-16,18,20H,5-6,9-12,17,19H2,1H3,(H,32,35)(H,33,34). The maximum Gasteiger partial charge on any atom is 0.341 e. The lowest BCUT2D eigenvalue weighted by Gasteiger charge is -2.22. The molecule has 0 saturated heterocycles. The molecule has 1 saturated carbocycles. The van der Waals surface area contributed by atoms with Gasteiger partial charge in [0.1, 0.15) is 17.3 Å². The first-order valence-electron chi connectivity index (χ1n) is 12.7. The molecule has 1 amide bonds. The Morgan fingerprint density at radius 3 is 2.38 bits per heavy atom. The van der Waals surface area contributed by atoms with Gasteiger partial charge in [-0.2, -0.15) is 0 Å². The minimum Gasteiger partial charge on any atom is -0.495 e. The third-order valence-corrected chi connectivity index (χ3v) is 6.80. The first kappa shape index (κ1) is 26.2. The van der Waals surface area contributed by atoms with E-state index in [1.807, 2.05) is 18.2 Å². The topological polar surface area (TPSA) is 84.9 Å². The molecule has 0 aliphatic heterocycles. The molecular formula is C30H32FNO5. The van der Waals surface area contributed by atoms with E-state index in [0.717, 1.165) is 18.8 Å². The highest BCUT2D eigenvalue weighted by Gasteiger charge is 2.27. The van der Waals surface area contributed by atoms with Crippen molar-refractivity contribution in [3.05, 3.63) is 72.0 Å². The average Bonchev–Trinajstić information content (AvgIpc) is 3.43. The van der Waals surface area contributed by atoms with Gasteiger partial charge in [0.15, 0.2) is 6.61 Å². The molecule has 6 nitrogen and oxygen atoms in total. The predicted molar refractivity (Wildman–Crippen MR) is 140 cm³/mol. The number of hydrogen-bond acceptors (Lipinski definition) is 4. The number of carbonyl (C=O) groups is 2. The van der Waals surface area contributed by atoms with Gasteiger partial charge in [0.25, 0.3) is 5.91 Å². The van der Waals surface area contributed by atoms with E-state index in [2.05, 4.69) is 5.32 Å². The molecule has 3 aromatic rings. The summed E-state index contributed by atoms with van der Waals surface area (Å²) in [7, 11) is 1.45. The normalized spacial score (nSPS) is 13.4. The number of hydrogen-bond donors (Lipinski definition) is 2. The van der Waals surface area contributed by atoms with E-state index in [9.17, 15) is 19.1 Å². The first-order chi connectivity index (χ1) is 18.0. The molecule has 3 aromatic carbocycles. The minimum absolute atomic E-state index is 0.133. The molecule has 0 spiro atoms. The van der Waals surface area contributed by atoms with Crippen molar-refractivity contribution in [3.8, 4) is 33.8 Å². The van der Waals surface area contributed by atoms with Crippen molar-refractivity contribution >= 4 is 11.9 Å². The molecule has 194 valence electrons. The lowest BCUT2D eigenvalue weighted by atomic mass is 9.92. The number of benzene rings is 3. The number of aliphatic carboxylic acids is 1. The van der Waals surface area contributed by atoms with Gasteiger partial charge in [-0.25, -0.2) is 9.18 Å². The Morgan fingerprint density at radius 2 is 1.70 bits per heavy atom. The van der Waals surface area contributed by atoms with Crippen molar-refractivity contribution in [1.29, 1.82) is 0 Å². The Morgan fingerprint density at radius 1 is 1.00 bits per heavy atom. The Hall–Kier alpha value is -3.87. The summed E-state index contributed by atoms with van der Waals surface area (Å²) in [5.41, 5.74) is 1.73. The lowest BCUT2D eigenvalue weighted by molar-refractivity contribution is -0.139. The third-order valence-electron chi connectivity index (χ3n) is 6.80. The highest BCUT2D eigenvalue weighted by Crippen LogP contribution is 2.47. The molecule has 0 atom stereocenters. The van der Waals surface area contributed by atoms with Crippen LogP contribution < -0.4 is 14.8 Å². The number of halogens is 1. The quantitative estimate of drug-likeness (QED) is 0.298. The number of carboxylic acids is 1. The summed E-state index contributed by atoms with van der Waals surface area (Å²) in [6, 6.07) is 16.7. The number of methoxy groups -OCH3 is 1. The van der Waals surface area contributed by atoms with Gasteiger partial charge in [-0.1, -0.05) is 74.2 Å². The molecular weight excluding hydrogens is 473 g/mol. The van der Waals surface area contributed by atoms with E-state index >= 15 is 0 Å². The second-order valence-corrected chi connectivity index (χ2v) is 9.29. The molecule has 0 radical (unpaired) electrons. The summed E-state index contributed by atoms with van der Waals surface area (Å²) >= 11 is 0.